The number of anilines is 1. The van der Waals surface area contributed by atoms with Crippen LogP contribution < -0.4 is 16.0 Å². The van der Waals surface area contributed by atoms with Gasteiger partial charge in [0.1, 0.15) is 5.76 Å². The van der Waals surface area contributed by atoms with Crippen LogP contribution in [0.2, 0.25) is 0 Å². The van der Waals surface area contributed by atoms with Crippen LogP contribution in [0.4, 0.5) is 5.69 Å². The Labute approximate surface area is 161 Å². The molecule has 2 aromatic rings. The van der Waals surface area contributed by atoms with E-state index in [0.29, 0.717) is 17.0 Å². The number of benzene rings is 1. The SMILES string of the molecule is COC(=O)CCC(=O)NC(=S)Nc1cccc(C(=O)NCc2ccco2)c1. The maximum Gasteiger partial charge on any atom is 0.306 e. The van der Waals surface area contributed by atoms with E-state index in [9.17, 15) is 14.4 Å². The first-order chi connectivity index (χ1) is 13.0. The lowest BCUT2D eigenvalue weighted by Crippen LogP contribution is -2.34. The molecule has 0 aliphatic carbocycles. The Balaban J connectivity index is 1.85. The van der Waals surface area contributed by atoms with Gasteiger partial charge in [0.15, 0.2) is 5.11 Å². The first-order valence-corrected chi connectivity index (χ1v) is 8.47. The van der Waals surface area contributed by atoms with Crippen molar-refractivity contribution in [3.63, 3.8) is 0 Å². The fraction of sp³-hybridized carbons (Fsp3) is 0.222. The van der Waals surface area contributed by atoms with Crippen molar-refractivity contribution in [2.45, 2.75) is 19.4 Å². The fourth-order valence-corrected chi connectivity index (χ4v) is 2.32. The van der Waals surface area contributed by atoms with Crippen molar-refractivity contribution in [2.24, 2.45) is 0 Å². The molecule has 2 amide bonds. The van der Waals surface area contributed by atoms with Crippen molar-refractivity contribution in [1.82, 2.24) is 10.6 Å². The highest BCUT2D eigenvalue weighted by Crippen LogP contribution is 2.11. The molecule has 0 spiro atoms. The highest BCUT2D eigenvalue weighted by Gasteiger charge is 2.10. The number of esters is 1. The van der Waals surface area contributed by atoms with Crippen molar-refractivity contribution in [2.75, 3.05) is 12.4 Å². The number of nitrogens with one attached hydrogen (secondary N) is 3. The van der Waals surface area contributed by atoms with Gasteiger partial charge in [-0.3, -0.25) is 14.4 Å². The van der Waals surface area contributed by atoms with E-state index in [1.54, 1.807) is 36.4 Å². The van der Waals surface area contributed by atoms with Gasteiger partial charge in [-0.1, -0.05) is 6.07 Å². The molecule has 2 rings (SSSR count). The van der Waals surface area contributed by atoms with Gasteiger partial charge in [0.2, 0.25) is 5.91 Å². The molecule has 8 nitrogen and oxygen atoms in total. The van der Waals surface area contributed by atoms with E-state index in [2.05, 4.69) is 20.7 Å². The molecule has 9 heteroatoms. The van der Waals surface area contributed by atoms with Crippen LogP contribution in [0.3, 0.4) is 0 Å². The number of amides is 2. The normalized spacial score (nSPS) is 9.96. The molecule has 0 radical (unpaired) electrons. The van der Waals surface area contributed by atoms with Crippen LogP contribution in [-0.2, 0) is 20.9 Å². The highest BCUT2D eigenvalue weighted by atomic mass is 32.1. The van der Waals surface area contributed by atoms with Gasteiger partial charge in [0.25, 0.3) is 5.91 Å². The molecule has 1 aromatic heterocycles. The van der Waals surface area contributed by atoms with Crippen LogP contribution in [0.25, 0.3) is 0 Å². The molecule has 0 atom stereocenters. The summed E-state index contributed by atoms with van der Waals surface area (Å²) < 4.78 is 9.63. The molecule has 0 bridgehead atoms. The average molecular weight is 389 g/mol. The van der Waals surface area contributed by atoms with Crippen LogP contribution in [0.15, 0.2) is 47.1 Å². The van der Waals surface area contributed by atoms with Gasteiger partial charge in [0, 0.05) is 17.7 Å². The fourth-order valence-electron chi connectivity index (χ4n) is 2.09. The first-order valence-electron chi connectivity index (χ1n) is 8.06. The third kappa shape index (κ3) is 6.90. The largest absolute Gasteiger partial charge is 0.469 e. The lowest BCUT2D eigenvalue weighted by molar-refractivity contribution is -0.142. The summed E-state index contributed by atoms with van der Waals surface area (Å²) >= 11 is 5.06. The van der Waals surface area contributed by atoms with E-state index in [1.807, 2.05) is 0 Å². The molecule has 0 fully saturated rings. The second-order valence-corrected chi connectivity index (χ2v) is 5.83. The number of furan rings is 1. The predicted molar refractivity (Wildman–Crippen MR) is 102 cm³/mol. The molecule has 3 N–H and O–H groups in total. The molecular formula is C18H19N3O5S. The minimum absolute atomic E-state index is 0.0315. The number of rotatable bonds is 7. The Morgan fingerprint density at radius 1 is 1.15 bits per heavy atom. The quantitative estimate of drug-likeness (QED) is 0.491. The molecule has 27 heavy (non-hydrogen) atoms. The summed E-state index contributed by atoms with van der Waals surface area (Å²) in [6.45, 7) is 0.276. The molecule has 0 aliphatic heterocycles. The molecule has 0 saturated heterocycles. The van der Waals surface area contributed by atoms with Crippen LogP contribution in [0, 0.1) is 0 Å². The zero-order valence-electron chi connectivity index (χ0n) is 14.6. The Hall–Kier alpha value is -3.20. The Bertz CT molecular complexity index is 820. The molecular weight excluding hydrogens is 370 g/mol. The summed E-state index contributed by atoms with van der Waals surface area (Å²) in [6.07, 6.45) is 1.46. The van der Waals surface area contributed by atoms with Gasteiger partial charge < -0.3 is 25.1 Å². The van der Waals surface area contributed by atoms with Crippen molar-refractivity contribution >= 4 is 40.8 Å². The number of hydrogen-bond donors (Lipinski definition) is 3. The number of hydrogen-bond acceptors (Lipinski definition) is 6. The van der Waals surface area contributed by atoms with Gasteiger partial charge in [-0.2, -0.15) is 0 Å². The third-order valence-electron chi connectivity index (χ3n) is 3.42. The lowest BCUT2D eigenvalue weighted by Gasteiger charge is -2.10. The van der Waals surface area contributed by atoms with Crippen LogP contribution in [-0.4, -0.2) is 30.0 Å². The second kappa shape index (κ2) is 10.1. The minimum atomic E-state index is -0.475. The van der Waals surface area contributed by atoms with E-state index < -0.39 is 11.9 Å². The van der Waals surface area contributed by atoms with E-state index in [4.69, 9.17) is 16.6 Å². The van der Waals surface area contributed by atoms with Crippen LogP contribution in [0.1, 0.15) is 29.0 Å². The summed E-state index contributed by atoms with van der Waals surface area (Å²) in [5.41, 5.74) is 0.963. The zero-order chi connectivity index (χ0) is 19.6. The van der Waals surface area contributed by atoms with Gasteiger partial charge in [-0.15, -0.1) is 0 Å². The van der Waals surface area contributed by atoms with Crippen LogP contribution >= 0.6 is 12.2 Å². The molecule has 142 valence electrons. The Morgan fingerprint density at radius 2 is 1.96 bits per heavy atom. The van der Waals surface area contributed by atoms with E-state index >= 15 is 0 Å². The number of methoxy groups -OCH3 is 1. The molecule has 0 aliphatic rings. The van der Waals surface area contributed by atoms with Crippen LogP contribution in [0.5, 0.6) is 0 Å². The van der Waals surface area contributed by atoms with E-state index in [-0.39, 0.29) is 30.4 Å². The molecule has 1 heterocycles. The molecule has 0 saturated carbocycles. The van der Waals surface area contributed by atoms with Gasteiger partial charge in [-0.25, -0.2) is 0 Å². The lowest BCUT2D eigenvalue weighted by atomic mass is 10.2. The van der Waals surface area contributed by atoms with Crippen molar-refractivity contribution < 1.29 is 23.5 Å². The summed E-state index contributed by atoms with van der Waals surface area (Å²) in [6, 6.07) is 10.2. The third-order valence-corrected chi connectivity index (χ3v) is 3.63. The van der Waals surface area contributed by atoms with E-state index in [0.717, 1.165) is 0 Å². The van der Waals surface area contributed by atoms with Gasteiger partial charge >= 0.3 is 5.97 Å². The minimum Gasteiger partial charge on any atom is -0.469 e. The smallest absolute Gasteiger partial charge is 0.306 e. The monoisotopic (exact) mass is 389 g/mol. The second-order valence-electron chi connectivity index (χ2n) is 5.42. The Kier molecular flexibility index (Phi) is 7.50. The number of carbonyl (C=O) groups excluding carboxylic acids is 3. The van der Waals surface area contributed by atoms with Gasteiger partial charge in [0.05, 0.1) is 26.3 Å². The number of ether oxygens (including phenoxy) is 1. The maximum absolute atomic E-state index is 12.2. The molecule has 1 aromatic carbocycles. The number of thiocarbonyl (C=S) groups is 1. The van der Waals surface area contributed by atoms with Crippen molar-refractivity contribution in [3.8, 4) is 0 Å². The average Bonchev–Trinajstić information content (AvgIpc) is 3.17. The van der Waals surface area contributed by atoms with Gasteiger partial charge in [-0.05, 0) is 42.5 Å². The van der Waals surface area contributed by atoms with Crippen molar-refractivity contribution in [1.29, 1.82) is 0 Å². The van der Waals surface area contributed by atoms with Crippen molar-refractivity contribution in [3.05, 3.63) is 54.0 Å². The zero-order valence-corrected chi connectivity index (χ0v) is 15.4. The standard InChI is InChI=1S/C18H19N3O5S/c1-25-16(23)8-7-15(22)21-18(27)20-13-5-2-4-12(10-13)17(24)19-11-14-6-3-9-26-14/h2-6,9-10H,7-8,11H2,1H3,(H,19,24)(H2,20,21,22,27). The maximum atomic E-state index is 12.2. The summed E-state index contributed by atoms with van der Waals surface area (Å²) in [5.74, 6) is -0.515. The highest BCUT2D eigenvalue weighted by molar-refractivity contribution is 7.80. The predicted octanol–water partition coefficient (Wildman–Crippen LogP) is 1.98. The summed E-state index contributed by atoms with van der Waals surface area (Å²) in [7, 11) is 1.25. The molecule has 0 unspecified atom stereocenters. The summed E-state index contributed by atoms with van der Waals surface area (Å²) in [5, 5.41) is 8.09. The Morgan fingerprint density at radius 3 is 2.67 bits per heavy atom. The summed E-state index contributed by atoms with van der Waals surface area (Å²) in [4.78, 5) is 35.0. The first kappa shape index (κ1) is 20.1. The number of carbonyl (C=O) groups is 3. The topological polar surface area (TPSA) is 110 Å². The van der Waals surface area contributed by atoms with E-state index in [1.165, 1.54) is 13.4 Å².